The Morgan fingerprint density at radius 2 is 2.15 bits per heavy atom. The molecule has 2 heterocycles. The van der Waals surface area contributed by atoms with Crippen LogP contribution in [0.2, 0.25) is 0 Å². The second-order valence-corrected chi connectivity index (χ2v) is 7.54. The van der Waals surface area contributed by atoms with E-state index in [0.29, 0.717) is 13.1 Å². The van der Waals surface area contributed by atoms with Crippen molar-refractivity contribution in [2.24, 2.45) is 0 Å². The van der Waals surface area contributed by atoms with Gasteiger partial charge >= 0.3 is 6.18 Å². The van der Waals surface area contributed by atoms with Crippen molar-refractivity contribution in [1.82, 2.24) is 4.90 Å². The summed E-state index contributed by atoms with van der Waals surface area (Å²) >= 11 is 1.61. The maximum atomic E-state index is 12.8. The number of nitrogens with zero attached hydrogens (tertiary/aromatic N) is 1. The fourth-order valence-corrected chi connectivity index (χ4v) is 3.81. The molecule has 0 spiro atoms. The van der Waals surface area contributed by atoms with E-state index in [1.54, 1.807) is 11.3 Å². The molecule has 1 aromatic heterocycles. The third-order valence-corrected chi connectivity index (χ3v) is 5.15. The van der Waals surface area contributed by atoms with Gasteiger partial charge in [-0.1, -0.05) is 12.1 Å². The highest BCUT2D eigenvalue weighted by Crippen LogP contribution is 2.30. The summed E-state index contributed by atoms with van der Waals surface area (Å²) in [6.07, 6.45) is -2.39. The van der Waals surface area contributed by atoms with Gasteiger partial charge in [-0.05, 0) is 42.5 Å². The van der Waals surface area contributed by atoms with Crippen LogP contribution in [0.5, 0.6) is 0 Å². The second kappa shape index (κ2) is 8.86. The molecule has 1 fully saturated rings. The number of thiophene rings is 1. The molecule has 0 aliphatic carbocycles. The number of halogens is 3. The lowest BCUT2D eigenvalue weighted by Crippen LogP contribution is -2.37. The van der Waals surface area contributed by atoms with Crippen LogP contribution in [-0.4, -0.2) is 36.6 Å². The average molecular weight is 398 g/mol. The van der Waals surface area contributed by atoms with Gasteiger partial charge in [0.25, 0.3) is 0 Å². The number of ether oxygens (including phenoxy) is 1. The van der Waals surface area contributed by atoms with E-state index in [9.17, 15) is 18.0 Å². The predicted octanol–water partition coefficient (Wildman–Crippen LogP) is 4.39. The number of hydrogen-bond acceptors (Lipinski definition) is 4. The SMILES string of the molecule is O=C(CN(Cc1cccs1)C[C@H]1CCCO1)Nc1cccc(C(F)(F)F)c1. The Bertz CT molecular complexity index is 744. The fraction of sp³-hybridized carbons (Fsp3) is 0.421. The minimum atomic E-state index is -4.44. The number of nitrogens with one attached hydrogen (secondary N) is 1. The van der Waals surface area contributed by atoms with Crippen molar-refractivity contribution in [3.8, 4) is 0 Å². The third-order valence-electron chi connectivity index (χ3n) is 4.29. The summed E-state index contributed by atoms with van der Waals surface area (Å²) in [7, 11) is 0. The van der Waals surface area contributed by atoms with E-state index < -0.39 is 11.7 Å². The quantitative estimate of drug-likeness (QED) is 0.752. The first-order valence-electron chi connectivity index (χ1n) is 8.73. The molecule has 1 aliphatic rings. The van der Waals surface area contributed by atoms with Crippen LogP contribution in [0.1, 0.15) is 23.3 Å². The van der Waals surface area contributed by atoms with Crippen LogP contribution in [0.3, 0.4) is 0 Å². The van der Waals surface area contributed by atoms with Crippen molar-refractivity contribution in [1.29, 1.82) is 0 Å². The van der Waals surface area contributed by atoms with Gasteiger partial charge in [0.2, 0.25) is 5.91 Å². The highest BCUT2D eigenvalue weighted by molar-refractivity contribution is 7.09. The van der Waals surface area contributed by atoms with Gasteiger partial charge in [-0.3, -0.25) is 9.69 Å². The Balaban J connectivity index is 1.62. The third kappa shape index (κ3) is 6.05. The molecule has 0 unspecified atom stereocenters. The maximum Gasteiger partial charge on any atom is 0.416 e. The van der Waals surface area contributed by atoms with Gasteiger partial charge in [-0.15, -0.1) is 11.3 Å². The van der Waals surface area contributed by atoms with E-state index in [1.165, 1.54) is 12.1 Å². The molecule has 1 saturated heterocycles. The first-order chi connectivity index (χ1) is 12.9. The highest BCUT2D eigenvalue weighted by Gasteiger charge is 2.30. The van der Waals surface area contributed by atoms with Crippen molar-refractivity contribution >= 4 is 22.9 Å². The number of anilines is 1. The molecule has 1 aliphatic heterocycles. The molecular weight excluding hydrogens is 377 g/mol. The minimum Gasteiger partial charge on any atom is -0.377 e. The molecule has 0 radical (unpaired) electrons. The van der Waals surface area contributed by atoms with Gasteiger partial charge in [0, 0.05) is 30.3 Å². The zero-order valence-electron chi connectivity index (χ0n) is 14.7. The lowest BCUT2D eigenvalue weighted by atomic mass is 10.2. The Labute approximate surface area is 159 Å². The Morgan fingerprint density at radius 1 is 1.30 bits per heavy atom. The summed E-state index contributed by atoms with van der Waals surface area (Å²) in [5.74, 6) is -0.344. The Hall–Kier alpha value is -1.90. The van der Waals surface area contributed by atoms with E-state index >= 15 is 0 Å². The largest absolute Gasteiger partial charge is 0.416 e. The molecular formula is C19H21F3N2O2S. The van der Waals surface area contributed by atoms with Crippen LogP contribution in [0.15, 0.2) is 41.8 Å². The smallest absolute Gasteiger partial charge is 0.377 e. The van der Waals surface area contributed by atoms with Crippen LogP contribution in [0.4, 0.5) is 18.9 Å². The van der Waals surface area contributed by atoms with Crippen molar-refractivity contribution < 1.29 is 22.7 Å². The highest BCUT2D eigenvalue weighted by atomic mass is 32.1. The lowest BCUT2D eigenvalue weighted by Gasteiger charge is -2.24. The second-order valence-electron chi connectivity index (χ2n) is 6.51. The molecule has 0 saturated carbocycles. The lowest BCUT2D eigenvalue weighted by molar-refractivity contribution is -0.137. The van der Waals surface area contributed by atoms with Crippen molar-refractivity contribution in [3.63, 3.8) is 0 Å². The average Bonchev–Trinajstić information content (AvgIpc) is 3.28. The summed E-state index contributed by atoms with van der Waals surface area (Å²) in [6, 6.07) is 8.62. The number of rotatable bonds is 7. The Kier molecular flexibility index (Phi) is 6.51. The van der Waals surface area contributed by atoms with E-state index in [4.69, 9.17) is 4.74 Å². The first kappa shape index (κ1) is 19.9. The van der Waals surface area contributed by atoms with Gasteiger partial charge < -0.3 is 10.1 Å². The molecule has 1 amide bonds. The molecule has 2 aromatic rings. The molecule has 1 N–H and O–H groups in total. The summed E-state index contributed by atoms with van der Waals surface area (Å²) in [4.78, 5) is 15.5. The molecule has 0 bridgehead atoms. The van der Waals surface area contributed by atoms with Gasteiger partial charge in [-0.25, -0.2) is 0 Å². The molecule has 146 valence electrons. The minimum absolute atomic E-state index is 0.0892. The van der Waals surface area contributed by atoms with Crippen LogP contribution < -0.4 is 5.32 Å². The number of amides is 1. The molecule has 4 nitrogen and oxygen atoms in total. The number of carbonyl (C=O) groups excluding carboxylic acids is 1. The van der Waals surface area contributed by atoms with Crippen LogP contribution in [0.25, 0.3) is 0 Å². The van der Waals surface area contributed by atoms with E-state index in [-0.39, 0.29) is 24.2 Å². The topological polar surface area (TPSA) is 41.6 Å². The number of hydrogen-bond donors (Lipinski definition) is 1. The normalized spacial score (nSPS) is 17.4. The zero-order chi connectivity index (χ0) is 19.3. The molecule has 8 heteroatoms. The summed E-state index contributed by atoms with van der Waals surface area (Å²) in [5, 5.41) is 4.55. The zero-order valence-corrected chi connectivity index (χ0v) is 15.5. The summed E-state index contributed by atoms with van der Waals surface area (Å²) in [6.45, 7) is 2.05. The number of carbonyl (C=O) groups is 1. The van der Waals surface area contributed by atoms with Gasteiger partial charge in [0.15, 0.2) is 0 Å². The van der Waals surface area contributed by atoms with E-state index in [0.717, 1.165) is 36.5 Å². The van der Waals surface area contributed by atoms with Crippen molar-refractivity contribution in [3.05, 3.63) is 52.2 Å². The van der Waals surface area contributed by atoms with Crippen LogP contribution >= 0.6 is 11.3 Å². The fourth-order valence-electron chi connectivity index (χ4n) is 3.06. The molecule has 1 atom stereocenters. The van der Waals surface area contributed by atoms with E-state index in [2.05, 4.69) is 5.32 Å². The van der Waals surface area contributed by atoms with Gasteiger partial charge in [0.1, 0.15) is 0 Å². The van der Waals surface area contributed by atoms with Crippen LogP contribution in [-0.2, 0) is 22.3 Å². The standard InChI is InChI=1S/C19H21F3N2O2S/c20-19(21,22)14-4-1-5-15(10-14)23-18(25)13-24(11-16-6-2-8-26-16)12-17-7-3-9-27-17/h1,3-5,7,9-10,16H,2,6,8,11-13H2,(H,23,25)/t16-/m1/s1. The van der Waals surface area contributed by atoms with Gasteiger partial charge in [0.05, 0.1) is 18.2 Å². The Morgan fingerprint density at radius 3 is 2.81 bits per heavy atom. The van der Waals surface area contributed by atoms with Crippen molar-refractivity contribution in [2.45, 2.75) is 31.7 Å². The summed E-state index contributed by atoms with van der Waals surface area (Å²) in [5.41, 5.74) is -0.641. The number of benzene rings is 1. The van der Waals surface area contributed by atoms with E-state index in [1.807, 2.05) is 22.4 Å². The molecule has 3 rings (SSSR count). The maximum absolute atomic E-state index is 12.8. The van der Waals surface area contributed by atoms with Crippen LogP contribution in [0, 0.1) is 0 Å². The predicted molar refractivity (Wildman–Crippen MR) is 98.6 cm³/mol. The summed E-state index contributed by atoms with van der Waals surface area (Å²) < 4.78 is 44.1. The van der Waals surface area contributed by atoms with Crippen molar-refractivity contribution in [2.75, 3.05) is 25.0 Å². The number of alkyl halides is 3. The molecule has 27 heavy (non-hydrogen) atoms. The first-order valence-corrected chi connectivity index (χ1v) is 9.61. The van der Waals surface area contributed by atoms with Gasteiger partial charge in [-0.2, -0.15) is 13.2 Å². The monoisotopic (exact) mass is 398 g/mol. The molecule has 1 aromatic carbocycles.